The molecule has 0 unspecified atom stereocenters. The number of ether oxygens (including phenoxy) is 1. The third kappa shape index (κ3) is 13.6. The molecule has 0 saturated carbocycles. The number of nitrogens with zero attached hydrogens (tertiary/aromatic N) is 5. The molecule has 0 N–H and O–H groups in total. The lowest BCUT2D eigenvalue weighted by Gasteiger charge is -2.35. The zero-order chi connectivity index (χ0) is 79.0. The van der Waals surface area contributed by atoms with Gasteiger partial charge in [0.25, 0.3) is 0 Å². The molecule has 2 heterocycles. The monoisotopic (exact) mass is 1510 g/mol. The Balaban J connectivity index is 0.903. The van der Waals surface area contributed by atoms with Crippen molar-refractivity contribution < 1.29 is 4.74 Å². The highest BCUT2D eigenvalue weighted by molar-refractivity contribution is 6.11. The molecule has 0 aliphatic heterocycles. The maximum Gasteiger partial charge on any atom is 0.131 e. The van der Waals surface area contributed by atoms with E-state index in [9.17, 15) is 0 Å². The average Bonchev–Trinajstić information content (AvgIpc) is 1.19. The van der Waals surface area contributed by atoms with Crippen LogP contribution in [0.1, 0.15) is 26.3 Å². The van der Waals surface area contributed by atoms with Crippen LogP contribution in [0.2, 0.25) is 0 Å². The Labute approximate surface area is 689 Å². The van der Waals surface area contributed by atoms with Crippen LogP contribution in [0, 0.1) is 0 Å². The zero-order valence-electron chi connectivity index (χ0n) is 65.9. The molecule has 0 spiro atoms. The summed E-state index contributed by atoms with van der Waals surface area (Å²) in [6, 6.07) is 164. The second kappa shape index (κ2) is 30.9. The van der Waals surface area contributed by atoms with Gasteiger partial charge in [-0.1, -0.05) is 354 Å². The Bertz CT molecular complexity index is 6850. The molecular weight excluding hydrogens is 1430 g/mol. The summed E-state index contributed by atoms with van der Waals surface area (Å²) in [5, 5.41) is 4.78. The van der Waals surface area contributed by atoms with Crippen LogP contribution in [-0.4, -0.2) is 9.13 Å². The molecule has 0 saturated heterocycles. The van der Waals surface area contributed by atoms with Crippen LogP contribution in [-0.2, 0) is 5.41 Å². The highest BCUT2D eigenvalue weighted by Gasteiger charge is 2.31. The van der Waals surface area contributed by atoms with Crippen molar-refractivity contribution >= 4 is 94.8 Å². The standard InChI is InChI=1S/C112H83N5O/c1-112(2,3)85-70-90(74-91(71-85)114(110-97(80-41-14-6-15-42-80)60-35-61-98(110)81-43-16-7-17-44-81)86-50-33-52-88(72-86)116-106-65-28-23-56-101(106)102-57-24-29-66-107(102)116)113(105-64-27-22-55-96(105)79-39-12-5-13-40-79)92-75-93(77-95(76-92)118-94-54-32-49-84(69-94)78-37-10-4-11-38-78)115(111-99(82-45-18-8-19-46-82)62-36-63-100(111)83-47-20-9-21-48-83)87-51-34-53-89(73-87)117-108-67-30-25-58-103(108)104-59-26-31-68-109(104)117/h4-77H,1-3H3. The molecule has 0 bridgehead atoms. The van der Waals surface area contributed by atoms with Crippen molar-refractivity contribution in [3.8, 4) is 89.6 Å². The molecule has 20 rings (SSSR count). The fourth-order valence-electron chi connectivity index (χ4n) is 17.4. The molecule has 2 aromatic heterocycles. The number of hydrogen-bond donors (Lipinski definition) is 0. The largest absolute Gasteiger partial charge is 0.457 e. The minimum Gasteiger partial charge on any atom is -0.457 e. The van der Waals surface area contributed by atoms with Crippen molar-refractivity contribution in [2.75, 3.05) is 14.7 Å². The van der Waals surface area contributed by atoms with Crippen molar-refractivity contribution in [3.05, 3.63) is 454 Å². The van der Waals surface area contributed by atoms with Crippen LogP contribution >= 0.6 is 0 Å². The van der Waals surface area contributed by atoms with Gasteiger partial charge in [0.2, 0.25) is 0 Å². The van der Waals surface area contributed by atoms with Gasteiger partial charge >= 0.3 is 0 Å². The van der Waals surface area contributed by atoms with Gasteiger partial charge in [0.15, 0.2) is 0 Å². The van der Waals surface area contributed by atoms with E-state index in [1.165, 1.54) is 21.5 Å². The summed E-state index contributed by atoms with van der Waals surface area (Å²) >= 11 is 0. The van der Waals surface area contributed by atoms with Gasteiger partial charge in [0.05, 0.1) is 50.5 Å². The summed E-state index contributed by atoms with van der Waals surface area (Å²) in [6.07, 6.45) is 0. The Morgan fingerprint density at radius 2 is 0.517 bits per heavy atom. The van der Waals surface area contributed by atoms with Crippen molar-refractivity contribution in [1.29, 1.82) is 0 Å². The highest BCUT2D eigenvalue weighted by atomic mass is 16.5. The molecule has 6 heteroatoms. The minimum absolute atomic E-state index is 0.417. The van der Waals surface area contributed by atoms with E-state index >= 15 is 0 Å². The number of para-hydroxylation sites is 7. The van der Waals surface area contributed by atoms with Gasteiger partial charge in [-0.3, -0.25) is 0 Å². The Morgan fingerprint density at radius 3 is 0.924 bits per heavy atom. The maximum atomic E-state index is 7.68. The van der Waals surface area contributed by atoms with Crippen molar-refractivity contribution in [2.45, 2.75) is 26.2 Å². The first-order chi connectivity index (χ1) is 58.2. The van der Waals surface area contributed by atoms with E-state index in [0.29, 0.717) is 11.5 Å². The average molecular weight is 1510 g/mol. The van der Waals surface area contributed by atoms with Crippen molar-refractivity contribution in [2.24, 2.45) is 0 Å². The molecule has 0 aliphatic carbocycles. The topological polar surface area (TPSA) is 28.8 Å². The molecule has 20 aromatic rings. The van der Waals surface area contributed by atoms with Crippen LogP contribution < -0.4 is 19.4 Å². The lowest BCUT2D eigenvalue weighted by Crippen LogP contribution is -2.19. The summed E-state index contributed by atoms with van der Waals surface area (Å²) < 4.78 is 12.5. The van der Waals surface area contributed by atoms with Gasteiger partial charge in [0.1, 0.15) is 11.5 Å². The van der Waals surface area contributed by atoms with E-state index in [-0.39, 0.29) is 0 Å². The molecule has 0 fully saturated rings. The Hall–Kier alpha value is -15.2. The molecule has 0 amide bonds. The molecule has 0 atom stereocenters. The molecule has 0 radical (unpaired) electrons. The second-order valence-electron chi connectivity index (χ2n) is 31.2. The number of benzene rings is 18. The number of aromatic nitrogens is 2. The first-order valence-electron chi connectivity index (χ1n) is 40.5. The number of anilines is 9. The van der Waals surface area contributed by atoms with E-state index < -0.39 is 5.41 Å². The van der Waals surface area contributed by atoms with Gasteiger partial charge in [-0.05, 0) is 153 Å². The van der Waals surface area contributed by atoms with Gasteiger partial charge in [-0.15, -0.1) is 0 Å². The van der Waals surface area contributed by atoms with Crippen LogP contribution in [0.3, 0.4) is 0 Å². The fourth-order valence-corrected chi connectivity index (χ4v) is 17.4. The molecule has 118 heavy (non-hydrogen) atoms. The van der Waals surface area contributed by atoms with Gasteiger partial charge in [-0.2, -0.15) is 0 Å². The van der Waals surface area contributed by atoms with Crippen molar-refractivity contribution in [3.63, 3.8) is 0 Å². The van der Waals surface area contributed by atoms with E-state index in [1.807, 2.05) is 0 Å². The number of fused-ring (bicyclic) bond motifs is 6. The third-order valence-corrected chi connectivity index (χ3v) is 22.8. The van der Waals surface area contributed by atoms with E-state index in [0.717, 1.165) is 157 Å². The summed E-state index contributed by atoms with van der Waals surface area (Å²) in [7, 11) is 0. The highest BCUT2D eigenvalue weighted by Crippen LogP contribution is 2.55. The lowest BCUT2D eigenvalue weighted by atomic mass is 9.85. The minimum atomic E-state index is -0.417. The summed E-state index contributed by atoms with van der Waals surface area (Å²) in [4.78, 5) is 7.54. The number of rotatable bonds is 19. The molecule has 18 aromatic carbocycles. The van der Waals surface area contributed by atoms with Gasteiger partial charge < -0.3 is 28.6 Å². The van der Waals surface area contributed by atoms with Crippen LogP contribution in [0.5, 0.6) is 11.5 Å². The third-order valence-electron chi connectivity index (χ3n) is 22.8. The van der Waals surface area contributed by atoms with E-state index in [1.54, 1.807) is 0 Å². The summed E-state index contributed by atoms with van der Waals surface area (Å²) in [5.74, 6) is 1.32. The Kier molecular flexibility index (Phi) is 18.8. The van der Waals surface area contributed by atoms with Gasteiger partial charge in [0, 0.05) is 95.6 Å². The summed E-state index contributed by atoms with van der Waals surface area (Å²) in [6.45, 7) is 7.03. The predicted octanol–water partition coefficient (Wildman–Crippen LogP) is 31.4. The van der Waals surface area contributed by atoms with Crippen LogP contribution in [0.25, 0.3) is 122 Å². The zero-order valence-corrected chi connectivity index (χ0v) is 65.9. The van der Waals surface area contributed by atoms with E-state index in [2.05, 4.69) is 494 Å². The van der Waals surface area contributed by atoms with Crippen LogP contribution in [0.4, 0.5) is 51.2 Å². The summed E-state index contributed by atoms with van der Waals surface area (Å²) in [5.41, 5.74) is 28.6. The fraction of sp³-hybridized carbons (Fsp3) is 0.0357. The first kappa shape index (κ1) is 71.8. The molecular formula is C112H83N5O. The first-order valence-corrected chi connectivity index (χ1v) is 40.5. The van der Waals surface area contributed by atoms with Crippen molar-refractivity contribution in [1.82, 2.24) is 9.13 Å². The smallest absolute Gasteiger partial charge is 0.131 e. The van der Waals surface area contributed by atoms with Gasteiger partial charge in [-0.25, -0.2) is 0 Å². The SMILES string of the molecule is CC(C)(C)c1cc(N(c2cc(Oc3cccc(-c4ccccc4)c3)cc(N(c3cccc(-n4c5ccccc5c5ccccc54)c3)c3c(-c4ccccc4)cccc3-c3ccccc3)c2)c2ccccc2-c2ccccc2)cc(N(c2cccc(-n3c4ccccc4c4ccccc43)c2)c2c(-c3ccccc3)cccc2-c2ccccc2)c1. The Morgan fingerprint density at radius 1 is 0.212 bits per heavy atom. The molecule has 562 valence electrons. The lowest BCUT2D eigenvalue weighted by molar-refractivity contribution is 0.483. The van der Waals surface area contributed by atoms with E-state index in [4.69, 9.17) is 4.74 Å². The molecule has 0 aliphatic rings. The normalized spacial score (nSPS) is 11.5. The van der Waals surface area contributed by atoms with Crippen LogP contribution in [0.15, 0.2) is 449 Å². The maximum absolute atomic E-state index is 7.68. The number of hydrogen-bond acceptors (Lipinski definition) is 4. The molecule has 6 nitrogen and oxygen atoms in total. The quantitative estimate of drug-likeness (QED) is 0.0807. The predicted molar refractivity (Wildman–Crippen MR) is 497 cm³/mol. The second-order valence-corrected chi connectivity index (χ2v) is 31.2.